The predicted molar refractivity (Wildman–Crippen MR) is 66.4 cm³/mol. The van der Waals surface area contributed by atoms with E-state index in [0.717, 1.165) is 17.2 Å². The maximum absolute atomic E-state index is 6.19. The lowest BCUT2D eigenvalue weighted by Gasteiger charge is -2.09. The Hall–Kier alpha value is -0.0100. The predicted octanol–water partition coefficient (Wildman–Crippen LogP) is 4.80. The maximum Gasteiger partial charge on any atom is 0.0963 e. The van der Waals surface area contributed by atoms with Gasteiger partial charge in [0, 0.05) is 0 Å². The first-order valence-corrected chi connectivity index (χ1v) is 6.51. The average molecular weight is 231 g/mol. The fourth-order valence-corrected chi connectivity index (χ4v) is 2.80. The maximum atomic E-state index is 6.19. The van der Waals surface area contributed by atoms with Crippen molar-refractivity contribution in [2.24, 2.45) is 11.8 Å². The van der Waals surface area contributed by atoms with Gasteiger partial charge >= 0.3 is 0 Å². The molecule has 0 fully saturated rings. The standard InChI is InChI=1S/C12H19ClS/c1-8(2)5-10-7-14-12(13)11(10)6-9(3)4/h7-9H,5-6H2,1-4H3. The smallest absolute Gasteiger partial charge is 0.0963 e. The van der Waals surface area contributed by atoms with Crippen LogP contribution < -0.4 is 0 Å². The molecule has 2 heteroatoms. The third-order valence-electron chi connectivity index (χ3n) is 2.17. The Labute approximate surface area is 96.3 Å². The van der Waals surface area contributed by atoms with E-state index >= 15 is 0 Å². The Balaban J connectivity index is 2.82. The third kappa shape index (κ3) is 3.29. The zero-order chi connectivity index (χ0) is 10.7. The van der Waals surface area contributed by atoms with E-state index in [1.54, 1.807) is 11.3 Å². The highest BCUT2D eigenvalue weighted by atomic mass is 35.5. The van der Waals surface area contributed by atoms with Gasteiger partial charge in [-0.25, -0.2) is 0 Å². The Morgan fingerprint density at radius 3 is 2.21 bits per heavy atom. The molecule has 0 N–H and O–H groups in total. The van der Waals surface area contributed by atoms with Crippen molar-refractivity contribution in [1.29, 1.82) is 0 Å². The van der Waals surface area contributed by atoms with Gasteiger partial charge in [0.1, 0.15) is 0 Å². The number of hydrogen-bond donors (Lipinski definition) is 0. The van der Waals surface area contributed by atoms with Crippen LogP contribution in [0.4, 0.5) is 0 Å². The highest BCUT2D eigenvalue weighted by Gasteiger charge is 2.12. The summed E-state index contributed by atoms with van der Waals surface area (Å²) in [6, 6.07) is 0. The molecule has 0 aliphatic rings. The number of halogens is 1. The van der Waals surface area contributed by atoms with Crippen molar-refractivity contribution in [2.45, 2.75) is 40.5 Å². The van der Waals surface area contributed by atoms with Gasteiger partial charge in [-0.3, -0.25) is 0 Å². The SMILES string of the molecule is CC(C)Cc1csc(Cl)c1CC(C)C. The Morgan fingerprint density at radius 1 is 1.14 bits per heavy atom. The van der Waals surface area contributed by atoms with E-state index in [1.807, 2.05) is 0 Å². The van der Waals surface area contributed by atoms with Gasteiger partial charge < -0.3 is 0 Å². The first-order chi connectivity index (χ1) is 6.50. The second-order valence-electron chi connectivity index (χ2n) is 4.71. The van der Waals surface area contributed by atoms with Crippen LogP contribution in [0.25, 0.3) is 0 Å². The highest BCUT2D eigenvalue weighted by Crippen LogP contribution is 2.31. The fourth-order valence-electron chi connectivity index (χ4n) is 1.62. The summed E-state index contributed by atoms with van der Waals surface area (Å²) in [5.41, 5.74) is 2.85. The quantitative estimate of drug-likeness (QED) is 0.697. The topological polar surface area (TPSA) is 0 Å². The number of thiophene rings is 1. The largest absolute Gasteiger partial charge is 0.131 e. The molecule has 0 aliphatic heterocycles. The zero-order valence-electron chi connectivity index (χ0n) is 9.43. The molecule has 0 spiro atoms. The summed E-state index contributed by atoms with van der Waals surface area (Å²) in [6.45, 7) is 9.00. The van der Waals surface area contributed by atoms with Crippen LogP contribution >= 0.6 is 22.9 Å². The Morgan fingerprint density at radius 2 is 1.71 bits per heavy atom. The molecule has 0 atom stereocenters. The van der Waals surface area contributed by atoms with E-state index in [2.05, 4.69) is 33.1 Å². The molecular weight excluding hydrogens is 212 g/mol. The molecule has 0 unspecified atom stereocenters. The van der Waals surface area contributed by atoms with Crippen molar-refractivity contribution < 1.29 is 0 Å². The van der Waals surface area contributed by atoms with E-state index in [-0.39, 0.29) is 0 Å². The zero-order valence-corrected chi connectivity index (χ0v) is 11.0. The van der Waals surface area contributed by atoms with Crippen molar-refractivity contribution in [3.8, 4) is 0 Å². The molecule has 1 aromatic rings. The molecular formula is C12H19ClS. The summed E-state index contributed by atoms with van der Waals surface area (Å²) >= 11 is 7.87. The van der Waals surface area contributed by atoms with Crippen molar-refractivity contribution in [2.75, 3.05) is 0 Å². The number of rotatable bonds is 4. The van der Waals surface area contributed by atoms with Crippen molar-refractivity contribution in [1.82, 2.24) is 0 Å². The molecule has 0 bridgehead atoms. The summed E-state index contributed by atoms with van der Waals surface area (Å²) in [4.78, 5) is 0. The molecule has 0 nitrogen and oxygen atoms in total. The lowest BCUT2D eigenvalue weighted by Crippen LogP contribution is -2.00. The van der Waals surface area contributed by atoms with Crippen LogP contribution in [0.15, 0.2) is 5.38 Å². The molecule has 80 valence electrons. The molecule has 0 aliphatic carbocycles. The molecule has 14 heavy (non-hydrogen) atoms. The fraction of sp³-hybridized carbons (Fsp3) is 0.667. The molecule has 1 heterocycles. The second kappa shape index (κ2) is 5.18. The molecule has 0 saturated heterocycles. The Bertz CT molecular complexity index is 287. The minimum Gasteiger partial charge on any atom is -0.131 e. The van der Waals surface area contributed by atoms with Crippen molar-refractivity contribution in [3.05, 3.63) is 20.8 Å². The summed E-state index contributed by atoms with van der Waals surface area (Å²) < 4.78 is 0.995. The first-order valence-electron chi connectivity index (χ1n) is 5.25. The molecule has 1 rings (SSSR count). The van der Waals surface area contributed by atoms with E-state index in [0.29, 0.717) is 11.8 Å². The first kappa shape index (κ1) is 12.1. The summed E-state index contributed by atoms with van der Waals surface area (Å²) in [7, 11) is 0. The summed E-state index contributed by atoms with van der Waals surface area (Å²) in [6.07, 6.45) is 2.27. The molecule has 0 amide bonds. The van der Waals surface area contributed by atoms with E-state index < -0.39 is 0 Å². The molecule has 0 saturated carbocycles. The van der Waals surface area contributed by atoms with Gasteiger partial charge in [-0.05, 0) is 41.2 Å². The van der Waals surface area contributed by atoms with Crippen LogP contribution in [-0.4, -0.2) is 0 Å². The second-order valence-corrected chi connectivity index (χ2v) is 6.19. The molecule has 0 radical (unpaired) electrons. The van der Waals surface area contributed by atoms with Crippen LogP contribution in [0.5, 0.6) is 0 Å². The number of hydrogen-bond acceptors (Lipinski definition) is 1. The Kier molecular flexibility index (Phi) is 4.46. The van der Waals surface area contributed by atoms with Crippen molar-refractivity contribution >= 4 is 22.9 Å². The van der Waals surface area contributed by atoms with Crippen LogP contribution in [0, 0.1) is 11.8 Å². The van der Waals surface area contributed by atoms with Crippen LogP contribution in [0.2, 0.25) is 4.34 Å². The highest BCUT2D eigenvalue weighted by molar-refractivity contribution is 7.14. The van der Waals surface area contributed by atoms with E-state index in [4.69, 9.17) is 11.6 Å². The van der Waals surface area contributed by atoms with Crippen LogP contribution in [0.3, 0.4) is 0 Å². The minimum absolute atomic E-state index is 0.688. The average Bonchev–Trinajstić information content (AvgIpc) is 2.34. The van der Waals surface area contributed by atoms with Gasteiger partial charge in [0.25, 0.3) is 0 Å². The van der Waals surface area contributed by atoms with Crippen molar-refractivity contribution in [3.63, 3.8) is 0 Å². The lowest BCUT2D eigenvalue weighted by molar-refractivity contribution is 0.618. The van der Waals surface area contributed by atoms with Crippen LogP contribution in [0.1, 0.15) is 38.8 Å². The monoisotopic (exact) mass is 230 g/mol. The normalized spacial score (nSPS) is 11.6. The summed E-state index contributed by atoms with van der Waals surface area (Å²) in [5, 5.41) is 2.22. The molecule has 0 aromatic carbocycles. The van der Waals surface area contributed by atoms with Gasteiger partial charge in [0.05, 0.1) is 4.34 Å². The van der Waals surface area contributed by atoms with Gasteiger partial charge in [-0.15, -0.1) is 11.3 Å². The lowest BCUT2D eigenvalue weighted by atomic mass is 9.97. The minimum atomic E-state index is 0.688. The van der Waals surface area contributed by atoms with E-state index in [9.17, 15) is 0 Å². The van der Waals surface area contributed by atoms with E-state index in [1.165, 1.54) is 11.1 Å². The van der Waals surface area contributed by atoms with Gasteiger partial charge in [-0.1, -0.05) is 39.3 Å². The van der Waals surface area contributed by atoms with Gasteiger partial charge in [-0.2, -0.15) is 0 Å². The summed E-state index contributed by atoms with van der Waals surface area (Å²) in [5.74, 6) is 1.40. The van der Waals surface area contributed by atoms with Gasteiger partial charge in [0.2, 0.25) is 0 Å². The van der Waals surface area contributed by atoms with Gasteiger partial charge in [0.15, 0.2) is 0 Å². The third-order valence-corrected chi connectivity index (χ3v) is 3.52. The van der Waals surface area contributed by atoms with Crippen LogP contribution in [-0.2, 0) is 12.8 Å². The molecule has 1 aromatic heterocycles.